The number of rotatable bonds is 107. The molecule has 1 aromatic carbocycles. The molecule has 3 rings (SSSR count). The lowest BCUT2D eigenvalue weighted by Crippen LogP contribution is -2.60. The van der Waals surface area contributed by atoms with E-state index in [1.807, 2.05) is 6.07 Å². The molecule has 2 heterocycles. The van der Waals surface area contributed by atoms with Crippen LogP contribution in [0.25, 0.3) is 0 Å². The van der Waals surface area contributed by atoms with Gasteiger partial charge in [0.25, 0.3) is 0 Å². The second-order valence-electron chi connectivity index (χ2n) is 54.7. The lowest BCUT2D eigenvalue weighted by atomic mass is 9.78. The van der Waals surface area contributed by atoms with Crippen LogP contribution in [0.5, 0.6) is 17.2 Å². The minimum absolute atomic E-state index is 0.0251. The van der Waals surface area contributed by atoms with Crippen LogP contribution in [0, 0.1) is 71.0 Å². The third-order valence-electron chi connectivity index (χ3n) is 36.7. The van der Waals surface area contributed by atoms with Crippen molar-refractivity contribution in [1.82, 2.24) is 0 Å². The van der Waals surface area contributed by atoms with Gasteiger partial charge in [-0.1, -0.05) is 573 Å². The van der Waals surface area contributed by atoms with Crippen LogP contribution in [-0.4, -0.2) is 93.2 Å². The van der Waals surface area contributed by atoms with E-state index >= 15 is 0 Å². The first-order valence-electron chi connectivity index (χ1n) is 67.5. The van der Waals surface area contributed by atoms with Crippen molar-refractivity contribution in [2.24, 2.45) is 71.0 Å². The van der Waals surface area contributed by atoms with E-state index < -0.39 is 40.7 Å². The summed E-state index contributed by atoms with van der Waals surface area (Å²) < 4.78 is 43.7. The Hall–Kier alpha value is -1.92. The zero-order valence-electron chi connectivity index (χ0n) is 105. The van der Waals surface area contributed by atoms with Gasteiger partial charge in [-0.25, -0.2) is 0 Å². The molecule has 2 fully saturated rings. The van der Waals surface area contributed by atoms with E-state index in [0.29, 0.717) is 47.8 Å². The molecule has 888 valence electrons. The van der Waals surface area contributed by atoms with Gasteiger partial charge in [-0.15, -0.1) is 0 Å². The van der Waals surface area contributed by atoms with Crippen molar-refractivity contribution in [2.75, 3.05) is 13.7 Å². The molecule has 0 amide bonds. The van der Waals surface area contributed by atoms with Crippen molar-refractivity contribution in [1.29, 1.82) is 0 Å². The summed E-state index contributed by atoms with van der Waals surface area (Å²) in [6.45, 7) is 53.9. The van der Waals surface area contributed by atoms with Gasteiger partial charge in [0.05, 0.1) is 66.1 Å². The van der Waals surface area contributed by atoms with Crippen LogP contribution < -0.4 is 9.47 Å². The SMILES string of the molecule is CCCCCCCC/C=C\CCCCCCCCCCCCCCC(O)c1cc(O)c(OC(CCCCCCCCCCCCCCCCCCO[C@@H]2CC[C@@H]([C@](C)(CCC[C@H](C)CCC[C@H](C)CCCC(C)C)OC(C)(CCC[C@H](C)CCC[C@H](C)CCCC(C)C)[C@H]3CC[C@H](C(C)(O)CCC[C@H](C)CCC[C@H](C)CCCC(C)C)O3)O[C@@]2(C)CCC[C@H](C)CCC[C@H](C)CCCC(C)C)C(O)CCCCCCCC)c(OC)c1. The van der Waals surface area contributed by atoms with E-state index in [0.717, 1.165) is 182 Å². The van der Waals surface area contributed by atoms with Gasteiger partial charge in [0.1, 0.15) is 6.10 Å². The third kappa shape index (κ3) is 71.7. The minimum Gasteiger partial charge on any atom is -0.504 e. The Morgan fingerprint density at radius 3 is 1.02 bits per heavy atom. The summed E-state index contributed by atoms with van der Waals surface area (Å²) >= 11 is 0. The van der Waals surface area contributed by atoms with E-state index in [1.165, 1.54) is 405 Å². The molecule has 2 saturated heterocycles. The zero-order chi connectivity index (χ0) is 110. The highest BCUT2D eigenvalue weighted by molar-refractivity contribution is 5.53. The van der Waals surface area contributed by atoms with Gasteiger partial charge in [-0.3, -0.25) is 0 Å². The Kier molecular flexibility index (Phi) is 85.0. The smallest absolute Gasteiger partial charge is 0.203 e. The first-order valence-corrected chi connectivity index (χ1v) is 67.5. The number of aliphatic hydroxyl groups excluding tert-OH is 2. The molecular weight excluding hydrogens is 1840 g/mol. The van der Waals surface area contributed by atoms with E-state index in [9.17, 15) is 20.4 Å². The summed E-state index contributed by atoms with van der Waals surface area (Å²) in [6, 6.07) is 3.50. The van der Waals surface area contributed by atoms with Crippen LogP contribution in [0.4, 0.5) is 0 Å². The third-order valence-corrected chi connectivity index (χ3v) is 36.7. The van der Waals surface area contributed by atoms with Crippen molar-refractivity contribution in [2.45, 2.75) is 763 Å². The predicted molar refractivity (Wildman–Crippen MR) is 656 cm³/mol. The summed E-state index contributed by atoms with van der Waals surface area (Å²) in [6.07, 6.45) is 107. The van der Waals surface area contributed by atoms with Gasteiger partial charge in [0, 0.05) is 6.61 Å². The number of methoxy groups -OCH3 is 1. The Morgan fingerprint density at radius 2 is 0.647 bits per heavy atom. The molecule has 10 nitrogen and oxygen atoms in total. The summed E-state index contributed by atoms with van der Waals surface area (Å²) in [5.74, 6) is 9.77. The first-order chi connectivity index (χ1) is 72.1. The molecule has 4 N–H and O–H groups in total. The van der Waals surface area contributed by atoms with Crippen molar-refractivity contribution in [3.8, 4) is 17.2 Å². The molecule has 5 unspecified atom stereocenters. The highest BCUT2D eigenvalue weighted by Crippen LogP contribution is 2.49. The van der Waals surface area contributed by atoms with E-state index in [4.69, 9.17) is 28.4 Å². The molecule has 0 spiro atoms. The van der Waals surface area contributed by atoms with Gasteiger partial charge >= 0.3 is 0 Å². The average molecular weight is 2110 g/mol. The number of phenolic OH excluding ortho intramolecular Hbond substituents is 1. The number of allylic oxidation sites excluding steroid dienone is 2. The van der Waals surface area contributed by atoms with Gasteiger partial charge in [0.2, 0.25) is 5.75 Å². The number of benzene rings is 1. The van der Waals surface area contributed by atoms with Gasteiger partial charge in [-0.05, 0) is 226 Å². The summed E-state index contributed by atoms with van der Waals surface area (Å²) in [7, 11) is 1.61. The largest absolute Gasteiger partial charge is 0.504 e. The van der Waals surface area contributed by atoms with Crippen LogP contribution in [0.1, 0.15) is 710 Å². The van der Waals surface area contributed by atoms with Crippen LogP contribution >= 0.6 is 0 Å². The molecular formula is C140H268O10. The Labute approximate surface area is 937 Å². The van der Waals surface area contributed by atoms with Gasteiger partial charge in [-0.2, -0.15) is 0 Å². The Balaban J connectivity index is 1.66. The Bertz CT molecular complexity index is 3180. The van der Waals surface area contributed by atoms with Gasteiger partial charge < -0.3 is 48.8 Å². The van der Waals surface area contributed by atoms with E-state index in [2.05, 4.69) is 164 Å². The number of hydrogen-bond donors (Lipinski definition) is 4. The maximum absolute atomic E-state index is 12.7. The molecule has 2 aliphatic heterocycles. The fraction of sp³-hybridized carbons (Fsp3) is 0.943. The summed E-state index contributed by atoms with van der Waals surface area (Å²) in [5, 5.41) is 47.4. The molecule has 0 aliphatic carbocycles. The number of hydrogen-bond acceptors (Lipinski definition) is 10. The summed E-state index contributed by atoms with van der Waals surface area (Å²) in [5.41, 5.74) is -1.77. The highest BCUT2D eigenvalue weighted by atomic mass is 16.6. The molecule has 1 aromatic rings. The summed E-state index contributed by atoms with van der Waals surface area (Å²) in [4.78, 5) is 0. The molecule has 0 aromatic heterocycles. The molecule has 0 radical (unpaired) electrons. The van der Waals surface area contributed by atoms with E-state index in [-0.39, 0.29) is 35.9 Å². The molecule has 2 aliphatic rings. The normalized spacial score (nSPS) is 19.9. The quantitative estimate of drug-likeness (QED) is 0.0369. The maximum atomic E-state index is 12.7. The molecule has 150 heavy (non-hydrogen) atoms. The predicted octanol–water partition coefficient (Wildman–Crippen LogP) is 44.6. The fourth-order valence-electron chi connectivity index (χ4n) is 25.7. The van der Waals surface area contributed by atoms with Crippen LogP contribution in [0.3, 0.4) is 0 Å². The number of ether oxygens (including phenoxy) is 6. The second kappa shape index (κ2) is 89.7. The van der Waals surface area contributed by atoms with Crippen molar-refractivity contribution < 1.29 is 48.8 Å². The number of unbranched alkanes of at least 4 members (excludes halogenated alkanes) is 38. The molecule has 19 atom stereocenters. The van der Waals surface area contributed by atoms with Crippen LogP contribution in [0.15, 0.2) is 24.3 Å². The maximum Gasteiger partial charge on any atom is 0.203 e. The average Bonchev–Trinajstić information content (AvgIpc) is 1.26. The fourth-order valence-corrected chi connectivity index (χ4v) is 25.7. The lowest BCUT2D eigenvalue weighted by molar-refractivity contribution is -0.287. The van der Waals surface area contributed by atoms with Crippen molar-refractivity contribution in [3.63, 3.8) is 0 Å². The van der Waals surface area contributed by atoms with E-state index in [1.54, 1.807) is 13.2 Å². The van der Waals surface area contributed by atoms with Crippen molar-refractivity contribution in [3.05, 3.63) is 29.8 Å². The lowest BCUT2D eigenvalue weighted by Gasteiger charge is -2.53. The standard InChI is InChI=1S/C140H268O10/c1-24-26-28-30-32-33-34-35-36-37-38-39-40-41-42-45-48-51-54-57-61-64-100-127(141)126-112-129(143)136(131(113-126)145-23)147-130(128(142)101-65-60-31-29-27-25-2)102-66-62-58-55-52-49-46-43-44-47-50-53-56-59-63-67-111-146-133-104-106-135(149-138(133,20)108-77-97-123(16)93-73-89-119(12)85-69-81-115(5)6)140(22,110-79-99-125(18)95-75-91-121(14)87-71-83-117(9)10)150-139(21,109-78-98-124(17)94-74-90-120(13)86-70-82-116(7)8)134-105-103-132(148-134)137(19,144)107-76-96-122(15)92-72-88-118(11)84-68-80-114(3)4/h35-36,112-125,127-128,130,132-135,141-144H,24-34,37-111H2,1-23H3/b36-35-/t118-,119-,120-,121-,122-,123-,124-,125-,127?,128?,130?,132-,133-,134-,135+,137?,138+,139?,140+/m1/s1. The number of phenols is 1. The highest BCUT2D eigenvalue weighted by Gasteiger charge is 2.54. The molecule has 0 bridgehead atoms. The zero-order valence-corrected chi connectivity index (χ0v) is 105. The number of aliphatic hydroxyl groups is 3. The topological polar surface area (TPSA) is 136 Å². The van der Waals surface area contributed by atoms with Gasteiger partial charge in [0.15, 0.2) is 11.5 Å². The molecule has 10 heteroatoms. The second-order valence-corrected chi connectivity index (χ2v) is 54.7. The monoisotopic (exact) mass is 2110 g/mol. The first kappa shape index (κ1) is 142. The Morgan fingerprint density at radius 1 is 0.340 bits per heavy atom. The van der Waals surface area contributed by atoms with Crippen molar-refractivity contribution >= 4 is 0 Å². The number of aromatic hydroxyl groups is 1. The van der Waals surface area contributed by atoms with Crippen LogP contribution in [0.2, 0.25) is 0 Å². The minimum atomic E-state index is -0.894. The molecule has 0 saturated carbocycles. The van der Waals surface area contributed by atoms with Crippen LogP contribution in [-0.2, 0) is 18.9 Å².